The van der Waals surface area contributed by atoms with Crippen molar-refractivity contribution in [2.75, 3.05) is 0 Å². The SMILES string of the molecule is CCC(NC(=O)[C@H](CC(C)C)NC(=O)[C@@H](NC(=O)[C@H](Cc1ccccc1C)NC(=O)[C@H](CCC(=O)OCc1ccccc1)NC(=O)[C@H](Cc1cn(-c2ccc([N+](=O)[O-])cc2[N+](=O)[O-])cn1)NC(C)=O)C(C)(C)C)B(O)O. The average molecular weight is 1050 g/mol. The Morgan fingerprint density at radius 3 is 1.93 bits per heavy atom. The van der Waals surface area contributed by atoms with Crippen LogP contribution in [0.15, 0.2) is 85.3 Å². The Morgan fingerprint density at radius 2 is 1.34 bits per heavy atom. The summed E-state index contributed by atoms with van der Waals surface area (Å²) in [5, 5.41) is 58.7. The van der Waals surface area contributed by atoms with Gasteiger partial charge in [0.25, 0.3) is 11.4 Å². The lowest BCUT2D eigenvalue weighted by atomic mass is 9.77. The summed E-state index contributed by atoms with van der Waals surface area (Å²) in [5.74, 6) is -6.70. The highest BCUT2D eigenvalue weighted by molar-refractivity contribution is 6.43. The van der Waals surface area contributed by atoms with Gasteiger partial charge < -0.3 is 46.7 Å². The largest absolute Gasteiger partial charge is 0.475 e. The van der Waals surface area contributed by atoms with Gasteiger partial charge in [0, 0.05) is 38.4 Å². The van der Waals surface area contributed by atoms with Crippen LogP contribution in [0, 0.1) is 38.5 Å². The number of aryl methyl sites for hydroxylation is 1. The zero-order valence-corrected chi connectivity index (χ0v) is 43.7. The third-order valence-corrected chi connectivity index (χ3v) is 12.1. The number of non-ortho nitro benzene ring substituents is 1. The summed E-state index contributed by atoms with van der Waals surface area (Å²) in [5.41, 5.74) is -0.0706. The van der Waals surface area contributed by atoms with Crippen molar-refractivity contribution < 1.29 is 58.2 Å². The molecule has 24 nitrogen and oxygen atoms in total. The van der Waals surface area contributed by atoms with E-state index in [9.17, 15) is 63.8 Å². The molecule has 0 saturated carbocycles. The number of aromatic nitrogens is 2. The Balaban J connectivity index is 1.68. The fraction of sp³-hybridized carbons (Fsp3) is 0.451. The molecule has 4 rings (SSSR count). The smallest absolute Gasteiger partial charge is 0.461 e. The molecule has 1 aromatic heterocycles. The fourth-order valence-corrected chi connectivity index (χ4v) is 7.96. The number of ether oxygens (including phenoxy) is 1. The molecule has 0 bridgehead atoms. The van der Waals surface area contributed by atoms with E-state index in [2.05, 4.69) is 36.9 Å². The first kappa shape index (κ1) is 60.5. The number of carbonyl (C=O) groups excluding carboxylic acids is 7. The van der Waals surface area contributed by atoms with Crippen LogP contribution in [0.1, 0.15) is 96.5 Å². The summed E-state index contributed by atoms with van der Waals surface area (Å²) < 4.78 is 6.66. The molecule has 408 valence electrons. The van der Waals surface area contributed by atoms with E-state index in [1.165, 1.54) is 17.1 Å². The Kier molecular flexibility index (Phi) is 22.3. The molecule has 1 heterocycles. The zero-order valence-electron chi connectivity index (χ0n) is 43.7. The number of hydrogen-bond donors (Lipinski definition) is 8. The van der Waals surface area contributed by atoms with Crippen molar-refractivity contribution in [3.05, 3.63) is 128 Å². The predicted octanol–water partition coefficient (Wildman–Crippen LogP) is 2.75. The Labute approximate surface area is 440 Å². The van der Waals surface area contributed by atoms with Crippen molar-refractivity contribution in [2.24, 2.45) is 11.3 Å². The lowest BCUT2D eigenvalue weighted by Crippen LogP contribution is -2.62. The number of benzene rings is 3. The van der Waals surface area contributed by atoms with E-state index in [4.69, 9.17) is 4.74 Å². The van der Waals surface area contributed by atoms with E-state index >= 15 is 0 Å². The van der Waals surface area contributed by atoms with Gasteiger partial charge in [0.05, 0.1) is 33.9 Å². The quantitative estimate of drug-likeness (QED) is 0.0184. The molecule has 6 amide bonds. The normalized spacial score (nSPS) is 13.6. The number of nitrogens with zero attached hydrogens (tertiary/aromatic N) is 4. The number of rotatable bonds is 27. The molecule has 25 heteroatoms. The Morgan fingerprint density at radius 1 is 0.750 bits per heavy atom. The van der Waals surface area contributed by atoms with Crippen LogP contribution in [0.2, 0.25) is 0 Å². The topological polar surface area (TPSA) is 345 Å². The number of nitrogens with one attached hydrogen (secondary N) is 6. The molecule has 0 aliphatic rings. The zero-order chi connectivity index (χ0) is 56.4. The van der Waals surface area contributed by atoms with Gasteiger partial charge in [-0.05, 0) is 60.3 Å². The second-order valence-electron chi connectivity index (χ2n) is 19.8. The van der Waals surface area contributed by atoms with Gasteiger partial charge in [-0.1, -0.05) is 96.1 Å². The molecule has 4 aromatic rings. The minimum atomic E-state index is -1.87. The van der Waals surface area contributed by atoms with Crippen molar-refractivity contribution in [3.63, 3.8) is 0 Å². The first-order chi connectivity index (χ1) is 35.8. The third-order valence-electron chi connectivity index (χ3n) is 12.1. The van der Waals surface area contributed by atoms with Crippen LogP contribution in [0.25, 0.3) is 5.69 Å². The van der Waals surface area contributed by atoms with Gasteiger partial charge in [-0.3, -0.25) is 58.4 Å². The minimum Gasteiger partial charge on any atom is -0.461 e. The van der Waals surface area contributed by atoms with Crippen LogP contribution in [-0.2, 0) is 57.7 Å². The average Bonchev–Trinajstić information content (AvgIpc) is 3.82. The van der Waals surface area contributed by atoms with Gasteiger partial charge in [-0.2, -0.15) is 0 Å². The van der Waals surface area contributed by atoms with Gasteiger partial charge in [0.2, 0.25) is 35.4 Å². The molecular weight excluding hydrogens is 987 g/mol. The highest BCUT2D eigenvalue weighted by Crippen LogP contribution is 2.28. The Hall–Kier alpha value is -8.06. The van der Waals surface area contributed by atoms with Crippen LogP contribution < -0.4 is 31.9 Å². The lowest BCUT2D eigenvalue weighted by Gasteiger charge is -2.34. The molecule has 0 aliphatic carbocycles. The van der Waals surface area contributed by atoms with Crippen molar-refractivity contribution >= 4 is 59.9 Å². The first-order valence-corrected chi connectivity index (χ1v) is 24.6. The number of carbonyl (C=O) groups is 7. The number of amides is 6. The predicted molar refractivity (Wildman–Crippen MR) is 278 cm³/mol. The number of hydrogen-bond acceptors (Lipinski definition) is 15. The molecule has 0 aliphatic heterocycles. The molecule has 8 N–H and O–H groups in total. The fourth-order valence-electron chi connectivity index (χ4n) is 7.96. The second kappa shape index (κ2) is 28.0. The van der Waals surface area contributed by atoms with E-state index in [-0.39, 0.29) is 56.0 Å². The van der Waals surface area contributed by atoms with Crippen LogP contribution in [0.5, 0.6) is 0 Å². The third kappa shape index (κ3) is 18.4. The number of imidazole rings is 1. The lowest BCUT2D eigenvalue weighted by molar-refractivity contribution is -0.394. The van der Waals surface area contributed by atoms with E-state index in [1.807, 2.05) is 13.8 Å². The molecule has 0 radical (unpaired) electrons. The maximum Gasteiger partial charge on any atom is 0.475 e. The highest BCUT2D eigenvalue weighted by atomic mass is 16.6. The molecule has 0 fully saturated rings. The van der Waals surface area contributed by atoms with Crippen molar-refractivity contribution in [3.8, 4) is 5.69 Å². The van der Waals surface area contributed by atoms with Gasteiger partial charge in [-0.25, -0.2) is 4.98 Å². The molecule has 6 atom stereocenters. The van der Waals surface area contributed by atoms with Crippen LogP contribution in [0.3, 0.4) is 0 Å². The summed E-state index contributed by atoms with van der Waals surface area (Å²) in [4.78, 5) is 123. The first-order valence-electron chi connectivity index (χ1n) is 24.6. The summed E-state index contributed by atoms with van der Waals surface area (Å²) in [6.45, 7) is 13.2. The van der Waals surface area contributed by atoms with E-state index in [0.717, 1.165) is 30.7 Å². The Bertz CT molecular complexity index is 2710. The maximum absolute atomic E-state index is 14.7. The van der Waals surface area contributed by atoms with Crippen molar-refractivity contribution in [1.82, 2.24) is 41.5 Å². The summed E-state index contributed by atoms with van der Waals surface area (Å²) in [6.07, 6.45) is 1.53. The molecule has 0 spiro atoms. The van der Waals surface area contributed by atoms with Gasteiger partial charge in [-0.15, -0.1) is 0 Å². The molecular formula is C51H67BN10O14. The van der Waals surface area contributed by atoms with E-state index in [0.29, 0.717) is 11.1 Å². The number of nitro benzene ring substituents is 2. The highest BCUT2D eigenvalue weighted by Gasteiger charge is 2.39. The molecule has 0 saturated heterocycles. The van der Waals surface area contributed by atoms with Crippen LogP contribution in [0.4, 0.5) is 11.4 Å². The molecule has 3 aromatic carbocycles. The number of esters is 1. The second-order valence-corrected chi connectivity index (χ2v) is 19.8. The summed E-state index contributed by atoms with van der Waals surface area (Å²) >= 11 is 0. The standard InChI is InChI=1S/C51H67BN10O14/c1-9-43(52(70)71)58-48(67)38(23-30(2)3)57-50(69)45(51(6,7)8)59-49(68)39(24-34-18-14-13-15-31(34)4)56-46(65)37(20-22-44(64)76-28-33-16-11-10-12-17-33)55-47(66)40(54-32(5)63)25-35-27-60(29-53-35)41-21-19-36(61(72)73)26-42(41)62(74)75/h10-19,21,26-27,29-30,37-40,43,45,70-71H,9,20,22-25,28H2,1-8H3,(H,54,63)(H,55,66)(H,56,65)(H,57,69)(H,58,67)(H,59,68)/t37-,38-,39-,40-,43?,45+/m0/s1. The van der Waals surface area contributed by atoms with Crippen molar-refractivity contribution in [1.29, 1.82) is 0 Å². The molecule has 1 unspecified atom stereocenters. The van der Waals surface area contributed by atoms with Crippen molar-refractivity contribution in [2.45, 2.75) is 137 Å². The monoisotopic (exact) mass is 1050 g/mol. The van der Waals surface area contributed by atoms with Gasteiger partial charge >= 0.3 is 13.1 Å². The van der Waals surface area contributed by atoms with Crippen LogP contribution in [-0.4, -0.2) is 114 Å². The number of nitro groups is 2. The van der Waals surface area contributed by atoms with E-state index in [1.54, 1.807) is 89.2 Å². The summed E-state index contributed by atoms with van der Waals surface area (Å²) in [7, 11) is -1.87. The van der Waals surface area contributed by atoms with Crippen LogP contribution >= 0.6 is 0 Å². The maximum atomic E-state index is 14.7. The van der Waals surface area contributed by atoms with E-state index < -0.39 is 118 Å². The minimum absolute atomic E-state index is 0.0897. The summed E-state index contributed by atoms with van der Waals surface area (Å²) in [6, 6.07) is 11.8. The van der Waals surface area contributed by atoms with Gasteiger partial charge in [0.15, 0.2) is 0 Å². The van der Waals surface area contributed by atoms with Gasteiger partial charge in [0.1, 0.15) is 42.5 Å². The molecule has 76 heavy (non-hydrogen) atoms.